The fraction of sp³-hybridized carbons (Fsp3) is 0.125. The van der Waals surface area contributed by atoms with Gasteiger partial charge in [0, 0.05) is 11.8 Å². The highest BCUT2D eigenvalue weighted by atomic mass is 16.2. The van der Waals surface area contributed by atoms with Gasteiger partial charge < -0.3 is 10.6 Å². The molecule has 4 aliphatic rings. The fourth-order valence-electron chi connectivity index (χ4n) is 3.19. The molecule has 0 saturated heterocycles. The summed E-state index contributed by atoms with van der Waals surface area (Å²) >= 11 is 0. The van der Waals surface area contributed by atoms with Crippen molar-refractivity contribution in [2.75, 3.05) is 0 Å². The molecular weight excluding hydrogens is 252 g/mol. The van der Waals surface area contributed by atoms with Crippen molar-refractivity contribution in [1.82, 2.24) is 10.6 Å². The van der Waals surface area contributed by atoms with Crippen LogP contribution < -0.4 is 10.6 Å². The summed E-state index contributed by atoms with van der Waals surface area (Å²) in [5, 5.41) is 5.78. The van der Waals surface area contributed by atoms with Crippen molar-refractivity contribution in [1.29, 1.82) is 0 Å². The Morgan fingerprint density at radius 2 is 1.90 bits per heavy atom. The van der Waals surface area contributed by atoms with E-state index in [1.165, 1.54) is 0 Å². The van der Waals surface area contributed by atoms with Crippen LogP contribution >= 0.6 is 0 Å². The Labute approximate surface area is 115 Å². The normalized spacial score (nSPS) is 33.0. The number of fused-ring (bicyclic) bond motifs is 1. The Morgan fingerprint density at radius 3 is 2.80 bits per heavy atom. The highest BCUT2D eigenvalue weighted by Gasteiger charge is 2.49. The van der Waals surface area contributed by atoms with Crippen LogP contribution in [0.4, 0.5) is 0 Å². The molecule has 2 aliphatic heterocycles. The number of carbonyl (C=O) groups is 2. The van der Waals surface area contributed by atoms with Gasteiger partial charge in [-0.2, -0.15) is 0 Å². The molecule has 4 rings (SSSR count). The van der Waals surface area contributed by atoms with Crippen LogP contribution in [-0.2, 0) is 9.59 Å². The second-order valence-corrected chi connectivity index (χ2v) is 5.14. The Hall–Kier alpha value is -2.62. The second kappa shape index (κ2) is 3.70. The zero-order valence-electron chi connectivity index (χ0n) is 10.6. The first-order valence-corrected chi connectivity index (χ1v) is 6.51. The molecule has 2 aliphatic carbocycles. The average molecular weight is 264 g/mol. The zero-order chi connectivity index (χ0) is 13.7. The molecule has 2 heterocycles. The summed E-state index contributed by atoms with van der Waals surface area (Å²) < 4.78 is 0. The van der Waals surface area contributed by atoms with Crippen LogP contribution in [0.1, 0.15) is 0 Å². The van der Waals surface area contributed by atoms with Crippen LogP contribution in [0, 0.1) is 5.92 Å². The van der Waals surface area contributed by atoms with Gasteiger partial charge in [0.25, 0.3) is 5.91 Å². The highest BCUT2D eigenvalue weighted by Crippen LogP contribution is 2.41. The van der Waals surface area contributed by atoms with E-state index in [0.29, 0.717) is 5.57 Å². The third kappa shape index (κ3) is 1.25. The van der Waals surface area contributed by atoms with Crippen molar-refractivity contribution in [2.24, 2.45) is 5.92 Å². The lowest BCUT2D eigenvalue weighted by Gasteiger charge is -2.44. The molecule has 0 bridgehead atoms. The molecule has 2 N–H and O–H groups in total. The molecule has 4 nitrogen and oxygen atoms in total. The van der Waals surface area contributed by atoms with Gasteiger partial charge in [-0.3, -0.25) is 9.59 Å². The lowest BCUT2D eigenvalue weighted by molar-refractivity contribution is -0.124. The molecule has 20 heavy (non-hydrogen) atoms. The van der Waals surface area contributed by atoms with E-state index in [-0.39, 0.29) is 17.7 Å². The molecule has 0 aromatic rings. The molecule has 2 atom stereocenters. The van der Waals surface area contributed by atoms with Gasteiger partial charge in [-0.25, -0.2) is 0 Å². The van der Waals surface area contributed by atoms with Crippen LogP contribution in [0.3, 0.4) is 0 Å². The minimum absolute atomic E-state index is 0.0788. The quantitative estimate of drug-likeness (QED) is 0.686. The Balaban J connectivity index is 2.04. The summed E-state index contributed by atoms with van der Waals surface area (Å²) in [5.74, 6) is -0.622. The third-order valence-corrected chi connectivity index (χ3v) is 4.09. The summed E-state index contributed by atoms with van der Waals surface area (Å²) in [7, 11) is 0. The smallest absolute Gasteiger partial charge is 0.254 e. The van der Waals surface area contributed by atoms with E-state index < -0.39 is 5.54 Å². The lowest BCUT2D eigenvalue weighted by Crippen LogP contribution is -2.60. The minimum atomic E-state index is -0.824. The van der Waals surface area contributed by atoms with Crippen LogP contribution in [-0.4, -0.2) is 17.4 Å². The highest BCUT2D eigenvalue weighted by molar-refractivity contribution is 6.06. The zero-order valence-corrected chi connectivity index (χ0v) is 10.6. The first-order chi connectivity index (χ1) is 9.72. The summed E-state index contributed by atoms with van der Waals surface area (Å²) in [6, 6.07) is 0. The van der Waals surface area contributed by atoms with Crippen molar-refractivity contribution >= 4 is 11.8 Å². The fourth-order valence-corrected chi connectivity index (χ4v) is 3.19. The van der Waals surface area contributed by atoms with Crippen LogP contribution in [0.25, 0.3) is 0 Å². The van der Waals surface area contributed by atoms with Gasteiger partial charge in [0.15, 0.2) is 0 Å². The molecular formula is C16H12N2O2. The summed E-state index contributed by atoms with van der Waals surface area (Å²) in [4.78, 5) is 24.8. The van der Waals surface area contributed by atoms with Crippen LogP contribution in [0.15, 0.2) is 71.5 Å². The maximum atomic E-state index is 12.4. The maximum Gasteiger partial charge on any atom is 0.254 e. The standard InChI is InChI=1S/C16H12N2O2/c19-14-12-7-2-1-6-11(12)13-15(20)17-9-10-5-3-4-8-16(10,13)18-14/h1-9,12H,(H,17,20)(H,18,19). The van der Waals surface area contributed by atoms with E-state index in [0.717, 1.165) is 11.1 Å². The molecule has 0 radical (unpaired) electrons. The van der Waals surface area contributed by atoms with Gasteiger partial charge in [0.1, 0.15) is 5.54 Å². The number of nitrogens with one attached hydrogen (secondary N) is 2. The topological polar surface area (TPSA) is 58.2 Å². The Morgan fingerprint density at radius 1 is 1.05 bits per heavy atom. The number of hydrogen-bond acceptors (Lipinski definition) is 2. The predicted molar refractivity (Wildman–Crippen MR) is 74.2 cm³/mol. The SMILES string of the molecule is O=C1NC=C2C=CC=CC23NC(=O)C2C=CC=CC2=C13. The van der Waals surface area contributed by atoms with Gasteiger partial charge in [0.2, 0.25) is 5.91 Å². The summed E-state index contributed by atoms with van der Waals surface area (Å²) in [6.45, 7) is 0. The van der Waals surface area contributed by atoms with Gasteiger partial charge in [-0.15, -0.1) is 0 Å². The predicted octanol–water partition coefficient (Wildman–Crippen LogP) is 1.03. The van der Waals surface area contributed by atoms with E-state index in [1.807, 2.05) is 48.6 Å². The number of amides is 2. The van der Waals surface area contributed by atoms with Gasteiger partial charge in [-0.1, -0.05) is 42.5 Å². The van der Waals surface area contributed by atoms with E-state index in [2.05, 4.69) is 10.6 Å². The third-order valence-electron chi connectivity index (χ3n) is 4.09. The molecule has 0 saturated carbocycles. The number of carbonyl (C=O) groups excluding carboxylic acids is 2. The van der Waals surface area contributed by atoms with E-state index in [1.54, 1.807) is 6.20 Å². The van der Waals surface area contributed by atoms with Crippen molar-refractivity contribution in [3.05, 3.63) is 71.5 Å². The van der Waals surface area contributed by atoms with Crippen LogP contribution in [0.5, 0.6) is 0 Å². The molecule has 1 spiro atoms. The van der Waals surface area contributed by atoms with Gasteiger partial charge in [-0.05, 0) is 11.6 Å². The van der Waals surface area contributed by atoms with E-state index >= 15 is 0 Å². The maximum absolute atomic E-state index is 12.4. The molecule has 98 valence electrons. The second-order valence-electron chi connectivity index (χ2n) is 5.14. The Kier molecular flexibility index (Phi) is 2.07. The number of hydrogen-bond donors (Lipinski definition) is 2. The number of allylic oxidation sites excluding steroid dienone is 5. The minimum Gasteiger partial charge on any atom is -0.338 e. The van der Waals surface area contributed by atoms with Crippen molar-refractivity contribution < 1.29 is 9.59 Å². The number of rotatable bonds is 0. The Bertz CT molecular complexity index is 719. The van der Waals surface area contributed by atoms with E-state index in [4.69, 9.17) is 0 Å². The first kappa shape index (κ1) is 11.2. The van der Waals surface area contributed by atoms with Crippen LogP contribution in [0.2, 0.25) is 0 Å². The van der Waals surface area contributed by atoms with Gasteiger partial charge in [0.05, 0.1) is 11.5 Å². The largest absolute Gasteiger partial charge is 0.338 e. The van der Waals surface area contributed by atoms with Crippen molar-refractivity contribution in [3.8, 4) is 0 Å². The van der Waals surface area contributed by atoms with E-state index in [9.17, 15) is 9.59 Å². The molecule has 0 aromatic heterocycles. The molecule has 2 amide bonds. The summed E-state index contributed by atoms with van der Waals surface area (Å²) in [6.07, 6.45) is 16.6. The monoisotopic (exact) mass is 264 g/mol. The first-order valence-electron chi connectivity index (χ1n) is 6.51. The van der Waals surface area contributed by atoms with Gasteiger partial charge >= 0.3 is 0 Å². The average Bonchev–Trinajstić information content (AvgIpc) is 2.46. The lowest BCUT2D eigenvalue weighted by atomic mass is 9.69. The molecule has 0 aromatic carbocycles. The molecule has 0 fully saturated rings. The van der Waals surface area contributed by atoms with Crippen molar-refractivity contribution in [3.63, 3.8) is 0 Å². The molecule has 2 unspecified atom stereocenters. The molecule has 4 heteroatoms. The summed E-state index contributed by atoms with van der Waals surface area (Å²) in [5.41, 5.74) is 1.44. The van der Waals surface area contributed by atoms with Crippen molar-refractivity contribution in [2.45, 2.75) is 5.54 Å².